The Labute approximate surface area is 317 Å². The minimum atomic E-state index is 0.468. The number of nitrogens with zero attached hydrogens (tertiary/aromatic N) is 1. The normalized spacial score (nSPS) is 14.1. The quantitative estimate of drug-likeness (QED) is 0.178. The number of benzene rings is 8. The van der Waals surface area contributed by atoms with Gasteiger partial charge in [-0.05, 0) is 113 Å². The molecule has 3 aromatic heterocycles. The second-order valence-corrected chi connectivity index (χ2v) is 15.1. The summed E-state index contributed by atoms with van der Waals surface area (Å²) < 4.78 is 14.9. The van der Waals surface area contributed by atoms with Crippen LogP contribution in [0.3, 0.4) is 0 Å². The number of aryl methyl sites for hydroxylation is 1. The maximum absolute atomic E-state index is 6.28. The molecule has 55 heavy (non-hydrogen) atoms. The molecule has 0 bridgehead atoms. The van der Waals surface area contributed by atoms with Crippen LogP contribution in [0.15, 0.2) is 179 Å². The molecule has 3 heterocycles. The van der Waals surface area contributed by atoms with Crippen LogP contribution >= 0.6 is 0 Å². The lowest BCUT2D eigenvalue weighted by atomic mass is 9.75. The molecule has 11 aromatic rings. The molecular weight excluding hydrogens is 671 g/mol. The molecule has 0 saturated heterocycles. The summed E-state index contributed by atoms with van der Waals surface area (Å²) in [5.74, 6) is 0.468. The Morgan fingerprint density at radius 3 is 1.87 bits per heavy atom. The smallest absolute Gasteiger partial charge is 0.136 e. The predicted octanol–water partition coefficient (Wildman–Crippen LogP) is 14.2. The number of hydrogen-bond donors (Lipinski definition) is 0. The molecule has 0 N–H and O–H groups in total. The molecule has 0 fully saturated rings. The Kier molecular flexibility index (Phi) is 6.58. The molecule has 0 saturated carbocycles. The fraction of sp³-hybridized carbons (Fsp3) is 0.0769. The first-order chi connectivity index (χ1) is 27.3. The van der Waals surface area contributed by atoms with Gasteiger partial charge in [0, 0.05) is 38.0 Å². The van der Waals surface area contributed by atoms with Crippen molar-refractivity contribution >= 4 is 65.7 Å². The molecule has 1 unspecified atom stereocenters. The topological polar surface area (TPSA) is 31.2 Å². The molecule has 0 spiro atoms. The highest BCUT2D eigenvalue weighted by molar-refractivity contribution is 6.27. The van der Waals surface area contributed by atoms with Crippen LogP contribution in [0.25, 0.3) is 93.6 Å². The van der Waals surface area contributed by atoms with E-state index in [1.165, 1.54) is 76.9 Å². The van der Waals surface area contributed by atoms with Crippen LogP contribution in [0.2, 0.25) is 0 Å². The number of aromatic nitrogens is 1. The Morgan fingerprint density at radius 1 is 0.473 bits per heavy atom. The highest BCUT2D eigenvalue weighted by Crippen LogP contribution is 2.47. The van der Waals surface area contributed by atoms with Crippen LogP contribution in [0, 0.1) is 0 Å². The number of furan rings is 2. The van der Waals surface area contributed by atoms with Gasteiger partial charge in [-0.2, -0.15) is 0 Å². The van der Waals surface area contributed by atoms with Crippen molar-refractivity contribution in [2.24, 2.45) is 0 Å². The summed E-state index contributed by atoms with van der Waals surface area (Å²) in [4.78, 5) is 0. The minimum absolute atomic E-state index is 0.468. The third-order valence-electron chi connectivity index (χ3n) is 12.1. The van der Waals surface area contributed by atoms with Gasteiger partial charge in [0.15, 0.2) is 0 Å². The van der Waals surface area contributed by atoms with E-state index >= 15 is 0 Å². The van der Waals surface area contributed by atoms with E-state index in [9.17, 15) is 0 Å². The van der Waals surface area contributed by atoms with Crippen molar-refractivity contribution in [1.82, 2.24) is 4.57 Å². The average Bonchev–Trinajstić information content (AvgIpc) is 3.92. The van der Waals surface area contributed by atoms with E-state index in [2.05, 4.69) is 168 Å². The van der Waals surface area contributed by atoms with Crippen molar-refractivity contribution in [2.75, 3.05) is 0 Å². The van der Waals surface area contributed by atoms with Gasteiger partial charge in [-0.3, -0.25) is 0 Å². The fourth-order valence-corrected chi connectivity index (χ4v) is 9.61. The van der Waals surface area contributed by atoms with E-state index in [-0.39, 0.29) is 0 Å². The van der Waals surface area contributed by atoms with Gasteiger partial charge in [0.05, 0.1) is 11.0 Å². The van der Waals surface area contributed by atoms with Gasteiger partial charge in [0.2, 0.25) is 0 Å². The molecule has 3 nitrogen and oxygen atoms in total. The Morgan fingerprint density at radius 2 is 1.09 bits per heavy atom. The van der Waals surface area contributed by atoms with Gasteiger partial charge in [-0.15, -0.1) is 0 Å². The maximum atomic E-state index is 6.28. The Hall–Kier alpha value is -6.84. The molecule has 8 aromatic carbocycles. The predicted molar refractivity (Wildman–Crippen MR) is 227 cm³/mol. The zero-order valence-electron chi connectivity index (χ0n) is 30.1. The van der Waals surface area contributed by atoms with E-state index in [1.54, 1.807) is 0 Å². The van der Waals surface area contributed by atoms with Crippen LogP contribution < -0.4 is 0 Å². The van der Waals surface area contributed by atoms with Crippen molar-refractivity contribution < 1.29 is 8.83 Å². The monoisotopic (exact) mass is 705 g/mol. The maximum Gasteiger partial charge on any atom is 0.136 e. The summed E-state index contributed by atoms with van der Waals surface area (Å²) in [6, 6.07) is 61.6. The molecule has 0 amide bonds. The summed E-state index contributed by atoms with van der Waals surface area (Å²) in [5.41, 5.74) is 16.7. The molecular formula is C52H35NO2. The lowest BCUT2D eigenvalue weighted by Gasteiger charge is -2.28. The molecule has 260 valence electrons. The molecule has 1 aliphatic rings. The van der Waals surface area contributed by atoms with E-state index in [4.69, 9.17) is 8.83 Å². The van der Waals surface area contributed by atoms with Crippen molar-refractivity contribution in [1.29, 1.82) is 0 Å². The Balaban J connectivity index is 0.828. The molecule has 1 aliphatic carbocycles. The second-order valence-electron chi connectivity index (χ2n) is 15.1. The SMILES string of the molecule is c1ccc2c(c1)-c1c(ccc3oc4ccccc4c13)CC2CCc1ccc(-c2ccc(-n3c4ccccc4c4c5c(ccc43)oc3ccccc35)cc2)cc1. The first kappa shape index (κ1) is 30.6. The third-order valence-corrected chi connectivity index (χ3v) is 12.1. The van der Waals surface area contributed by atoms with Crippen molar-refractivity contribution in [3.8, 4) is 27.9 Å². The van der Waals surface area contributed by atoms with Gasteiger partial charge in [-0.25, -0.2) is 0 Å². The van der Waals surface area contributed by atoms with E-state index in [1.807, 2.05) is 6.07 Å². The molecule has 3 heteroatoms. The molecule has 0 radical (unpaired) electrons. The second kappa shape index (κ2) is 11.8. The third kappa shape index (κ3) is 4.63. The molecule has 1 atom stereocenters. The van der Waals surface area contributed by atoms with Gasteiger partial charge in [-0.1, -0.05) is 121 Å². The first-order valence-corrected chi connectivity index (χ1v) is 19.3. The summed E-state index contributed by atoms with van der Waals surface area (Å²) in [6.45, 7) is 0. The highest BCUT2D eigenvalue weighted by atomic mass is 16.3. The summed E-state index contributed by atoms with van der Waals surface area (Å²) in [7, 11) is 0. The van der Waals surface area contributed by atoms with Crippen molar-refractivity contribution in [3.63, 3.8) is 0 Å². The summed E-state index contributed by atoms with van der Waals surface area (Å²) >= 11 is 0. The lowest BCUT2D eigenvalue weighted by Crippen LogP contribution is -2.12. The lowest BCUT2D eigenvalue weighted by molar-refractivity contribution is 0.616. The van der Waals surface area contributed by atoms with Crippen LogP contribution in [0.5, 0.6) is 0 Å². The van der Waals surface area contributed by atoms with Crippen LogP contribution in [-0.2, 0) is 12.8 Å². The van der Waals surface area contributed by atoms with E-state index in [0.29, 0.717) is 5.92 Å². The largest absolute Gasteiger partial charge is 0.456 e. The van der Waals surface area contributed by atoms with Gasteiger partial charge < -0.3 is 13.4 Å². The van der Waals surface area contributed by atoms with Crippen LogP contribution in [0.4, 0.5) is 0 Å². The zero-order chi connectivity index (χ0) is 36.0. The fourth-order valence-electron chi connectivity index (χ4n) is 9.61. The number of hydrogen-bond acceptors (Lipinski definition) is 2. The standard InChI is InChI=1S/C52H35NO2/c1-2-10-39-38(9-1)35(31-36-25-29-47-51(49(36)39)41-12-4-7-15-45(41)54-47)22-19-32-17-20-33(21-18-32)34-23-26-37(27-24-34)53-43-14-6-3-11-40(43)50-44(53)28-30-48-52(50)42-13-5-8-16-46(42)55-48/h1-18,20-21,23-30,35H,19,22,31H2. The van der Waals surface area contributed by atoms with Gasteiger partial charge in [0.1, 0.15) is 22.3 Å². The van der Waals surface area contributed by atoms with E-state index < -0.39 is 0 Å². The van der Waals surface area contributed by atoms with Crippen LogP contribution in [0.1, 0.15) is 29.0 Å². The van der Waals surface area contributed by atoms with Crippen LogP contribution in [-0.4, -0.2) is 4.57 Å². The van der Waals surface area contributed by atoms with E-state index in [0.717, 1.165) is 52.7 Å². The van der Waals surface area contributed by atoms with Crippen molar-refractivity contribution in [3.05, 3.63) is 187 Å². The van der Waals surface area contributed by atoms with Gasteiger partial charge >= 0.3 is 0 Å². The Bertz CT molecular complexity index is 3280. The van der Waals surface area contributed by atoms with Gasteiger partial charge in [0.25, 0.3) is 0 Å². The molecule has 0 aliphatic heterocycles. The average molecular weight is 706 g/mol. The molecule has 12 rings (SSSR count). The minimum Gasteiger partial charge on any atom is -0.456 e. The number of fused-ring (bicyclic) bond motifs is 14. The number of para-hydroxylation sites is 3. The summed E-state index contributed by atoms with van der Waals surface area (Å²) in [5, 5.41) is 7.27. The summed E-state index contributed by atoms with van der Waals surface area (Å²) in [6.07, 6.45) is 3.19. The number of rotatable bonds is 5. The van der Waals surface area contributed by atoms with Crippen molar-refractivity contribution in [2.45, 2.75) is 25.2 Å². The first-order valence-electron chi connectivity index (χ1n) is 19.3. The zero-order valence-corrected chi connectivity index (χ0v) is 30.1. The highest BCUT2D eigenvalue weighted by Gasteiger charge is 2.27.